The van der Waals surface area contributed by atoms with E-state index in [4.69, 9.17) is 5.11 Å². The summed E-state index contributed by atoms with van der Waals surface area (Å²) in [4.78, 5) is 10.4. The third kappa shape index (κ3) is 26.6. The maximum atomic E-state index is 10.4. The number of hydrogen-bond acceptors (Lipinski definition) is 1. The number of rotatable bonds is 20. The predicted octanol–water partition coefficient (Wildman–Crippen LogP) is 6.71. The summed E-state index contributed by atoms with van der Waals surface area (Å²) in [7, 11) is 0. The molecule has 0 aromatic heterocycles. The molecule has 0 heterocycles. The second kappa shape index (κ2) is 24.3. The summed E-state index contributed by atoms with van der Waals surface area (Å²) in [5.41, 5.74) is 0. The van der Waals surface area contributed by atoms with Gasteiger partial charge in [-0.05, 0) is 6.42 Å². The Balaban J connectivity index is 0. The van der Waals surface area contributed by atoms with Crippen molar-refractivity contribution in [3.8, 4) is 0 Å². The van der Waals surface area contributed by atoms with Crippen LogP contribution in [0, 0.1) is 0 Å². The molecule has 0 unspecified atom stereocenters. The standard InChI is InChI=1S/C22H44O2.Sb.3H/c1-2-3-4-5-6-7-8-9-10-11-12-13-14-15-16-17-18-19-20-21-22(23)24;;;;/h2-21H2,1H3,(H,23,24);;;;. The van der Waals surface area contributed by atoms with Crippen molar-refractivity contribution < 1.29 is 9.90 Å². The van der Waals surface area contributed by atoms with Crippen molar-refractivity contribution in [2.24, 2.45) is 0 Å². The number of aliphatic carboxylic acids is 1. The molecule has 0 radical (unpaired) electrons. The first kappa shape index (κ1) is 27.5. The van der Waals surface area contributed by atoms with Gasteiger partial charge in [-0.15, -0.1) is 0 Å². The van der Waals surface area contributed by atoms with E-state index in [0.29, 0.717) is 6.42 Å². The van der Waals surface area contributed by atoms with E-state index in [9.17, 15) is 4.79 Å². The van der Waals surface area contributed by atoms with Crippen LogP contribution in [-0.2, 0) is 4.79 Å². The van der Waals surface area contributed by atoms with Gasteiger partial charge in [0, 0.05) is 6.42 Å². The Bertz CT molecular complexity index is 256. The predicted molar refractivity (Wildman–Crippen MR) is 116 cm³/mol. The summed E-state index contributed by atoms with van der Waals surface area (Å²) >= 11 is 0. The van der Waals surface area contributed by atoms with Gasteiger partial charge in [0.2, 0.25) is 0 Å². The van der Waals surface area contributed by atoms with Gasteiger partial charge in [0.1, 0.15) is 0 Å². The Morgan fingerprint density at radius 3 is 1.00 bits per heavy atom. The molecule has 0 fully saturated rings. The SMILES string of the molecule is CCCCCCCCCCCCCCCCCCCCCC(=O)O.[SbH3]. The molecule has 3 heteroatoms. The van der Waals surface area contributed by atoms with Crippen LogP contribution in [0.25, 0.3) is 0 Å². The summed E-state index contributed by atoms with van der Waals surface area (Å²) in [5.74, 6) is -0.651. The molecule has 25 heavy (non-hydrogen) atoms. The number of carboxylic acids is 1. The van der Waals surface area contributed by atoms with Gasteiger partial charge in [0.05, 0.1) is 0 Å². The van der Waals surface area contributed by atoms with E-state index in [-0.39, 0.29) is 24.4 Å². The molecule has 0 amide bonds. The fourth-order valence-corrected chi connectivity index (χ4v) is 3.35. The quantitative estimate of drug-likeness (QED) is 0.160. The minimum absolute atomic E-state index is 0. The molecule has 0 atom stereocenters. The molecular weight excluding hydrogens is 418 g/mol. The van der Waals surface area contributed by atoms with Crippen LogP contribution in [0.3, 0.4) is 0 Å². The maximum absolute atomic E-state index is 10.4. The van der Waals surface area contributed by atoms with Crippen LogP contribution >= 0.6 is 0 Å². The van der Waals surface area contributed by atoms with Crippen molar-refractivity contribution >= 4 is 30.4 Å². The van der Waals surface area contributed by atoms with Crippen molar-refractivity contribution in [3.05, 3.63) is 0 Å². The van der Waals surface area contributed by atoms with E-state index in [1.54, 1.807) is 0 Å². The van der Waals surface area contributed by atoms with Gasteiger partial charge < -0.3 is 5.11 Å². The van der Waals surface area contributed by atoms with Crippen LogP contribution in [0.15, 0.2) is 0 Å². The molecule has 152 valence electrons. The summed E-state index contributed by atoms with van der Waals surface area (Å²) in [6.45, 7) is 2.28. The molecule has 0 aromatic rings. The van der Waals surface area contributed by atoms with Gasteiger partial charge in [-0.2, -0.15) is 0 Å². The molecule has 0 saturated heterocycles. The van der Waals surface area contributed by atoms with Crippen LogP contribution in [0.2, 0.25) is 0 Å². The molecule has 0 rings (SSSR count). The Labute approximate surface area is 175 Å². The molecule has 0 saturated carbocycles. The van der Waals surface area contributed by atoms with E-state index in [1.165, 1.54) is 109 Å². The molecule has 0 aliphatic heterocycles. The Hall–Kier alpha value is 0.288. The molecule has 2 nitrogen and oxygen atoms in total. The average Bonchev–Trinajstić information content (AvgIpc) is 2.56. The van der Waals surface area contributed by atoms with Crippen molar-refractivity contribution in [1.29, 1.82) is 0 Å². The number of unbranched alkanes of at least 4 members (excludes halogenated alkanes) is 18. The first-order chi connectivity index (χ1) is 11.8. The molecule has 0 spiro atoms. The topological polar surface area (TPSA) is 37.3 Å². The zero-order chi connectivity index (χ0) is 17.7. The normalized spacial score (nSPS) is 10.6. The summed E-state index contributed by atoms with van der Waals surface area (Å²) in [5, 5.41) is 8.56. The van der Waals surface area contributed by atoms with E-state index in [2.05, 4.69) is 6.92 Å². The molecule has 0 aromatic carbocycles. The Kier molecular flexibility index (Phi) is 26.7. The summed E-state index contributed by atoms with van der Waals surface area (Å²) < 4.78 is 0. The average molecular weight is 465 g/mol. The van der Waals surface area contributed by atoms with Crippen LogP contribution in [0.5, 0.6) is 0 Å². The van der Waals surface area contributed by atoms with E-state index >= 15 is 0 Å². The van der Waals surface area contributed by atoms with Gasteiger partial charge in [0.15, 0.2) is 0 Å². The van der Waals surface area contributed by atoms with E-state index in [0.717, 1.165) is 12.8 Å². The summed E-state index contributed by atoms with van der Waals surface area (Å²) in [6, 6.07) is 0. The van der Waals surface area contributed by atoms with Crippen LogP contribution in [0.1, 0.15) is 135 Å². The van der Waals surface area contributed by atoms with Crippen molar-refractivity contribution in [1.82, 2.24) is 0 Å². The van der Waals surface area contributed by atoms with Gasteiger partial charge in [-0.1, -0.05) is 122 Å². The Morgan fingerprint density at radius 1 is 0.520 bits per heavy atom. The van der Waals surface area contributed by atoms with Gasteiger partial charge in [-0.25, -0.2) is 0 Å². The van der Waals surface area contributed by atoms with E-state index < -0.39 is 5.97 Å². The van der Waals surface area contributed by atoms with Gasteiger partial charge in [-0.3, -0.25) is 4.79 Å². The second-order valence-corrected chi connectivity index (χ2v) is 7.51. The second-order valence-electron chi connectivity index (χ2n) is 7.51. The number of hydrogen-bond donors (Lipinski definition) is 1. The molecular formula is C22H47O2Sb. The van der Waals surface area contributed by atoms with Crippen molar-refractivity contribution in [2.45, 2.75) is 135 Å². The zero-order valence-corrected chi connectivity index (χ0v) is 21.2. The first-order valence-corrected chi connectivity index (χ1v) is 11.0. The number of carbonyl (C=O) groups is 1. The third-order valence-corrected chi connectivity index (χ3v) is 4.99. The fourth-order valence-electron chi connectivity index (χ4n) is 3.35. The van der Waals surface area contributed by atoms with Crippen molar-refractivity contribution in [3.63, 3.8) is 0 Å². The van der Waals surface area contributed by atoms with E-state index in [1.807, 2.05) is 0 Å². The minimum atomic E-state index is -0.651. The molecule has 0 aliphatic carbocycles. The van der Waals surface area contributed by atoms with Crippen LogP contribution < -0.4 is 0 Å². The van der Waals surface area contributed by atoms with Crippen LogP contribution in [-0.4, -0.2) is 35.5 Å². The fraction of sp³-hybridized carbons (Fsp3) is 0.955. The van der Waals surface area contributed by atoms with Crippen LogP contribution in [0.4, 0.5) is 0 Å². The van der Waals surface area contributed by atoms with Gasteiger partial charge >= 0.3 is 30.4 Å². The van der Waals surface area contributed by atoms with Gasteiger partial charge in [0.25, 0.3) is 0 Å². The monoisotopic (exact) mass is 464 g/mol. The first-order valence-electron chi connectivity index (χ1n) is 11.0. The summed E-state index contributed by atoms with van der Waals surface area (Å²) in [6.07, 6.45) is 26.1. The third-order valence-electron chi connectivity index (χ3n) is 4.99. The number of carboxylic acid groups (broad SMARTS) is 1. The van der Waals surface area contributed by atoms with Crippen molar-refractivity contribution in [2.75, 3.05) is 0 Å². The zero-order valence-electron chi connectivity index (χ0n) is 17.2. The molecule has 1 N–H and O–H groups in total. The molecule has 0 bridgehead atoms. The Morgan fingerprint density at radius 2 is 0.760 bits per heavy atom. The molecule has 0 aliphatic rings.